The molecule has 2 rings (SSSR count). The SMILES string of the molecule is CNC(c1cccc(C(F)(F)F)c1)c1cc(F)ccc1C. The van der Waals surface area contributed by atoms with Gasteiger partial charge in [0.2, 0.25) is 0 Å². The maximum absolute atomic E-state index is 13.4. The van der Waals surface area contributed by atoms with E-state index < -0.39 is 23.6 Å². The topological polar surface area (TPSA) is 12.0 Å². The average molecular weight is 297 g/mol. The van der Waals surface area contributed by atoms with Crippen LogP contribution in [0, 0.1) is 12.7 Å². The van der Waals surface area contributed by atoms with Gasteiger partial charge >= 0.3 is 6.18 Å². The highest BCUT2D eigenvalue weighted by molar-refractivity contribution is 5.39. The molecule has 0 aliphatic heterocycles. The molecule has 0 heterocycles. The molecule has 0 amide bonds. The van der Waals surface area contributed by atoms with Crippen molar-refractivity contribution in [1.29, 1.82) is 0 Å². The number of alkyl halides is 3. The lowest BCUT2D eigenvalue weighted by Crippen LogP contribution is -2.19. The lowest BCUT2D eigenvalue weighted by atomic mass is 9.94. The van der Waals surface area contributed by atoms with Crippen LogP contribution in [0.1, 0.15) is 28.3 Å². The second kappa shape index (κ2) is 5.85. The van der Waals surface area contributed by atoms with E-state index in [2.05, 4.69) is 5.32 Å². The molecule has 21 heavy (non-hydrogen) atoms. The van der Waals surface area contributed by atoms with Gasteiger partial charge in [0.15, 0.2) is 0 Å². The summed E-state index contributed by atoms with van der Waals surface area (Å²) in [6.07, 6.45) is -4.40. The standard InChI is InChI=1S/C16H15F4N/c1-10-6-7-13(17)9-14(10)15(21-2)11-4-3-5-12(8-11)16(18,19)20/h3-9,15,21H,1-2H3. The van der Waals surface area contributed by atoms with Crippen molar-refractivity contribution in [3.05, 3.63) is 70.5 Å². The number of hydrogen-bond acceptors (Lipinski definition) is 1. The molecule has 0 radical (unpaired) electrons. The van der Waals surface area contributed by atoms with Crippen molar-refractivity contribution in [1.82, 2.24) is 5.32 Å². The summed E-state index contributed by atoms with van der Waals surface area (Å²) >= 11 is 0. The van der Waals surface area contributed by atoms with Crippen LogP contribution in [0.4, 0.5) is 17.6 Å². The predicted octanol–water partition coefficient (Wildman–Crippen LogP) is 4.46. The van der Waals surface area contributed by atoms with Crippen molar-refractivity contribution < 1.29 is 17.6 Å². The van der Waals surface area contributed by atoms with Crippen molar-refractivity contribution in [3.8, 4) is 0 Å². The number of aryl methyl sites for hydroxylation is 1. The normalized spacial score (nSPS) is 13.2. The van der Waals surface area contributed by atoms with E-state index in [0.29, 0.717) is 11.1 Å². The second-order valence-electron chi connectivity index (χ2n) is 4.85. The van der Waals surface area contributed by atoms with E-state index >= 15 is 0 Å². The van der Waals surface area contributed by atoms with E-state index in [1.165, 1.54) is 18.2 Å². The molecule has 0 fully saturated rings. The van der Waals surface area contributed by atoms with Crippen LogP contribution in [0.3, 0.4) is 0 Å². The van der Waals surface area contributed by atoms with E-state index in [-0.39, 0.29) is 0 Å². The van der Waals surface area contributed by atoms with Gasteiger partial charge in [-0.15, -0.1) is 0 Å². The first-order chi connectivity index (χ1) is 9.82. The smallest absolute Gasteiger partial charge is 0.309 e. The molecule has 5 heteroatoms. The molecule has 1 unspecified atom stereocenters. The molecule has 1 nitrogen and oxygen atoms in total. The van der Waals surface area contributed by atoms with Gasteiger partial charge in [-0.1, -0.05) is 18.2 Å². The minimum atomic E-state index is -4.40. The van der Waals surface area contributed by atoms with Crippen LogP contribution in [0.2, 0.25) is 0 Å². The maximum atomic E-state index is 13.4. The highest BCUT2D eigenvalue weighted by atomic mass is 19.4. The lowest BCUT2D eigenvalue weighted by molar-refractivity contribution is -0.137. The van der Waals surface area contributed by atoms with E-state index in [4.69, 9.17) is 0 Å². The summed E-state index contributed by atoms with van der Waals surface area (Å²) in [6, 6.07) is 8.86. The molecule has 0 aliphatic rings. The number of halogens is 4. The number of nitrogens with one attached hydrogen (secondary N) is 1. The van der Waals surface area contributed by atoms with Crippen LogP contribution >= 0.6 is 0 Å². The van der Waals surface area contributed by atoms with Crippen molar-refractivity contribution in [2.45, 2.75) is 19.1 Å². The van der Waals surface area contributed by atoms with E-state index in [0.717, 1.165) is 17.7 Å². The monoisotopic (exact) mass is 297 g/mol. The zero-order valence-corrected chi connectivity index (χ0v) is 11.6. The Hall–Kier alpha value is -1.88. The third-order valence-corrected chi connectivity index (χ3v) is 3.39. The van der Waals surface area contributed by atoms with Gasteiger partial charge in [-0.25, -0.2) is 4.39 Å². The van der Waals surface area contributed by atoms with Crippen molar-refractivity contribution >= 4 is 0 Å². The number of rotatable bonds is 3. The molecule has 0 aromatic heterocycles. The van der Waals surface area contributed by atoms with Crippen LogP contribution in [-0.4, -0.2) is 7.05 Å². The number of benzene rings is 2. The van der Waals surface area contributed by atoms with E-state index in [9.17, 15) is 17.6 Å². The number of hydrogen-bond donors (Lipinski definition) is 1. The molecular weight excluding hydrogens is 282 g/mol. The predicted molar refractivity (Wildman–Crippen MR) is 73.5 cm³/mol. The highest BCUT2D eigenvalue weighted by Gasteiger charge is 2.31. The van der Waals surface area contributed by atoms with Crippen molar-refractivity contribution in [2.75, 3.05) is 7.05 Å². The Morgan fingerprint density at radius 3 is 2.38 bits per heavy atom. The highest BCUT2D eigenvalue weighted by Crippen LogP contribution is 2.32. The molecule has 0 saturated carbocycles. The van der Waals surface area contributed by atoms with Crippen LogP contribution in [-0.2, 0) is 6.18 Å². The van der Waals surface area contributed by atoms with Gasteiger partial charge in [0.1, 0.15) is 5.82 Å². The molecule has 1 atom stereocenters. The first-order valence-corrected chi connectivity index (χ1v) is 6.43. The Morgan fingerprint density at radius 2 is 1.76 bits per heavy atom. The van der Waals surface area contributed by atoms with Crippen LogP contribution in [0.25, 0.3) is 0 Å². The Bertz CT molecular complexity index is 634. The van der Waals surface area contributed by atoms with Gasteiger partial charge in [0.05, 0.1) is 11.6 Å². The minimum absolute atomic E-state index is 0.414. The fourth-order valence-corrected chi connectivity index (χ4v) is 2.32. The van der Waals surface area contributed by atoms with Gasteiger partial charge in [-0.05, 0) is 54.9 Å². The molecule has 2 aromatic carbocycles. The molecule has 112 valence electrons. The Morgan fingerprint density at radius 1 is 1.05 bits per heavy atom. The van der Waals surface area contributed by atoms with E-state index in [1.807, 2.05) is 0 Å². The quantitative estimate of drug-likeness (QED) is 0.825. The first-order valence-electron chi connectivity index (χ1n) is 6.43. The van der Waals surface area contributed by atoms with Crippen molar-refractivity contribution in [2.24, 2.45) is 0 Å². The van der Waals surface area contributed by atoms with Crippen molar-refractivity contribution in [3.63, 3.8) is 0 Å². The van der Waals surface area contributed by atoms with Gasteiger partial charge in [0.25, 0.3) is 0 Å². The zero-order chi connectivity index (χ0) is 15.6. The van der Waals surface area contributed by atoms with E-state index in [1.54, 1.807) is 26.1 Å². The van der Waals surface area contributed by atoms with Crippen LogP contribution in [0.15, 0.2) is 42.5 Å². The average Bonchev–Trinajstić information content (AvgIpc) is 2.43. The third-order valence-electron chi connectivity index (χ3n) is 3.39. The fourth-order valence-electron chi connectivity index (χ4n) is 2.32. The molecule has 0 saturated heterocycles. The van der Waals surface area contributed by atoms with Crippen LogP contribution < -0.4 is 5.32 Å². The lowest BCUT2D eigenvalue weighted by Gasteiger charge is -2.20. The Kier molecular flexibility index (Phi) is 4.32. The summed E-state index contributed by atoms with van der Waals surface area (Å²) in [5.74, 6) is -0.414. The summed E-state index contributed by atoms with van der Waals surface area (Å²) in [7, 11) is 1.63. The van der Waals surface area contributed by atoms with Gasteiger partial charge in [-0.2, -0.15) is 13.2 Å². The summed E-state index contributed by atoms with van der Waals surface area (Å²) in [5.41, 5.74) is 1.17. The van der Waals surface area contributed by atoms with Gasteiger partial charge in [-0.3, -0.25) is 0 Å². The van der Waals surface area contributed by atoms with Gasteiger partial charge < -0.3 is 5.32 Å². The molecule has 0 bridgehead atoms. The largest absolute Gasteiger partial charge is 0.416 e. The summed E-state index contributed by atoms with van der Waals surface area (Å²) in [6.45, 7) is 1.80. The molecule has 0 aliphatic carbocycles. The summed E-state index contributed by atoms with van der Waals surface area (Å²) < 4.78 is 51.8. The first kappa shape index (κ1) is 15.5. The van der Waals surface area contributed by atoms with Crippen LogP contribution in [0.5, 0.6) is 0 Å². The fraction of sp³-hybridized carbons (Fsp3) is 0.250. The molecular formula is C16H15F4N. The Labute approximate surface area is 120 Å². The Balaban J connectivity index is 2.49. The summed E-state index contributed by atoms with van der Waals surface area (Å²) in [5, 5.41) is 2.95. The zero-order valence-electron chi connectivity index (χ0n) is 11.6. The summed E-state index contributed by atoms with van der Waals surface area (Å²) in [4.78, 5) is 0. The van der Waals surface area contributed by atoms with Gasteiger partial charge in [0, 0.05) is 0 Å². The third kappa shape index (κ3) is 3.42. The second-order valence-corrected chi connectivity index (χ2v) is 4.85. The minimum Gasteiger partial charge on any atom is -0.309 e. The maximum Gasteiger partial charge on any atom is 0.416 e. The molecule has 1 N–H and O–H groups in total. The molecule has 2 aromatic rings. The molecule has 0 spiro atoms.